The first-order chi connectivity index (χ1) is 9.63. The Kier molecular flexibility index (Phi) is 3.85. The number of benzene rings is 1. The van der Waals surface area contributed by atoms with Gasteiger partial charge in [0.25, 0.3) is 0 Å². The van der Waals surface area contributed by atoms with Gasteiger partial charge in [-0.2, -0.15) is 17.2 Å². The van der Waals surface area contributed by atoms with Gasteiger partial charge in [-0.15, -0.1) is 0 Å². The summed E-state index contributed by atoms with van der Waals surface area (Å²) in [5.74, 6) is -1.04. The predicted octanol–water partition coefficient (Wildman–Crippen LogP) is 2.04. The minimum Gasteiger partial charge on any atom is -0.452 e. The van der Waals surface area contributed by atoms with Crippen molar-refractivity contribution < 1.29 is 31.3 Å². The van der Waals surface area contributed by atoms with Crippen LogP contribution in [0.25, 0.3) is 6.08 Å². The molecule has 0 aromatic heterocycles. The van der Waals surface area contributed by atoms with Gasteiger partial charge in [-0.25, -0.2) is 4.79 Å². The van der Waals surface area contributed by atoms with Crippen LogP contribution in [0.5, 0.6) is 0 Å². The minimum absolute atomic E-state index is 0.147. The molecule has 0 amide bonds. The third-order valence-corrected chi connectivity index (χ3v) is 4.15. The first-order valence-corrected chi connectivity index (χ1v) is 7.41. The van der Waals surface area contributed by atoms with Crippen molar-refractivity contribution in [1.29, 1.82) is 0 Å². The van der Waals surface area contributed by atoms with Gasteiger partial charge in [0.05, 0.1) is 0 Å². The van der Waals surface area contributed by atoms with Gasteiger partial charge in [0.15, 0.2) is 6.10 Å². The molecular formula is C13H12F2O5S. The van der Waals surface area contributed by atoms with Crippen LogP contribution in [-0.2, 0) is 26.1 Å². The zero-order valence-electron chi connectivity index (χ0n) is 10.9. The largest absolute Gasteiger partial charge is 0.452 e. The number of rotatable bonds is 4. The number of fused-ring (bicyclic) bond motifs is 1. The van der Waals surface area contributed by atoms with E-state index in [-0.39, 0.29) is 12.0 Å². The first-order valence-electron chi connectivity index (χ1n) is 5.97. The van der Waals surface area contributed by atoms with Crippen LogP contribution in [0.2, 0.25) is 0 Å². The molecular weight excluding hydrogens is 306 g/mol. The lowest BCUT2D eigenvalue weighted by atomic mass is 10.1. The van der Waals surface area contributed by atoms with E-state index in [0.717, 1.165) is 11.1 Å². The average molecular weight is 318 g/mol. The highest BCUT2D eigenvalue weighted by Crippen LogP contribution is 2.30. The molecule has 2 rings (SSSR count). The van der Waals surface area contributed by atoms with E-state index in [1.54, 1.807) is 24.3 Å². The molecule has 0 aliphatic heterocycles. The molecule has 0 fully saturated rings. The number of esters is 1. The van der Waals surface area contributed by atoms with E-state index in [0.29, 0.717) is 6.92 Å². The van der Waals surface area contributed by atoms with E-state index in [4.69, 9.17) is 4.55 Å². The Morgan fingerprint density at radius 1 is 1.38 bits per heavy atom. The van der Waals surface area contributed by atoms with E-state index in [1.165, 1.54) is 6.08 Å². The fourth-order valence-corrected chi connectivity index (χ4v) is 2.39. The summed E-state index contributed by atoms with van der Waals surface area (Å²) < 4.78 is 60.7. The summed E-state index contributed by atoms with van der Waals surface area (Å²) in [5, 5.41) is -4.56. The maximum Gasteiger partial charge on any atom is 0.405 e. The Morgan fingerprint density at radius 3 is 2.57 bits per heavy atom. The number of ether oxygens (including phenoxy) is 1. The van der Waals surface area contributed by atoms with Crippen LogP contribution < -0.4 is 0 Å². The SMILES string of the molecule is CC(OC(=O)C1=Cc2ccccc2C1)C(F)(F)S(=O)(=O)O. The highest BCUT2D eigenvalue weighted by Gasteiger charge is 2.52. The van der Waals surface area contributed by atoms with E-state index in [2.05, 4.69) is 4.74 Å². The number of hydrogen-bond acceptors (Lipinski definition) is 4. The van der Waals surface area contributed by atoms with E-state index >= 15 is 0 Å². The van der Waals surface area contributed by atoms with Crippen LogP contribution in [0.4, 0.5) is 8.78 Å². The molecule has 0 saturated heterocycles. The predicted molar refractivity (Wildman–Crippen MR) is 70.2 cm³/mol. The lowest BCUT2D eigenvalue weighted by Gasteiger charge is -2.20. The molecule has 21 heavy (non-hydrogen) atoms. The van der Waals surface area contributed by atoms with Gasteiger partial charge in [0.1, 0.15) is 0 Å². The van der Waals surface area contributed by atoms with Gasteiger partial charge in [0, 0.05) is 12.0 Å². The molecule has 1 unspecified atom stereocenters. The Balaban J connectivity index is 2.11. The molecule has 114 valence electrons. The second-order valence-electron chi connectivity index (χ2n) is 4.63. The van der Waals surface area contributed by atoms with Crippen molar-refractivity contribution in [3.63, 3.8) is 0 Å². The number of carbonyl (C=O) groups is 1. The van der Waals surface area contributed by atoms with Crippen molar-refractivity contribution in [2.75, 3.05) is 0 Å². The normalized spacial score (nSPS) is 16.1. The number of alkyl halides is 2. The summed E-state index contributed by atoms with van der Waals surface area (Å²) >= 11 is 0. The zero-order valence-corrected chi connectivity index (χ0v) is 11.7. The number of halogens is 2. The summed E-state index contributed by atoms with van der Waals surface area (Å²) in [6.07, 6.45) is -0.584. The molecule has 5 nitrogen and oxygen atoms in total. The summed E-state index contributed by atoms with van der Waals surface area (Å²) in [7, 11) is -5.65. The third kappa shape index (κ3) is 2.96. The van der Waals surface area contributed by atoms with Gasteiger partial charge in [-0.1, -0.05) is 24.3 Å². The topological polar surface area (TPSA) is 80.7 Å². The van der Waals surface area contributed by atoms with Crippen molar-refractivity contribution in [2.45, 2.75) is 24.7 Å². The van der Waals surface area contributed by atoms with Crippen molar-refractivity contribution in [1.82, 2.24) is 0 Å². The summed E-state index contributed by atoms with van der Waals surface area (Å²) in [4.78, 5) is 11.8. The average Bonchev–Trinajstić information content (AvgIpc) is 2.80. The monoisotopic (exact) mass is 318 g/mol. The molecule has 8 heteroatoms. The molecule has 1 atom stereocenters. The molecule has 0 saturated carbocycles. The highest BCUT2D eigenvalue weighted by atomic mass is 32.2. The number of hydrogen-bond donors (Lipinski definition) is 1. The van der Waals surface area contributed by atoms with Crippen molar-refractivity contribution >= 4 is 22.2 Å². The Bertz CT molecular complexity index is 709. The van der Waals surface area contributed by atoms with E-state index in [9.17, 15) is 22.0 Å². The highest BCUT2D eigenvalue weighted by molar-refractivity contribution is 7.86. The Morgan fingerprint density at radius 2 is 2.00 bits per heavy atom. The smallest absolute Gasteiger partial charge is 0.405 e. The maximum absolute atomic E-state index is 13.3. The number of carbonyl (C=O) groups excluding carboxylic acids is 1. The standard InChI is InChI=1S/C13H12F2O5S/c1-8(13(14,15)21(17,18)19)20-12(16)11-6-9-4-2-3-5-10(9)7-11/h2-6,8H,7H2,1H3,(H,17,18,19). The second-order valence-corrected chi connectivity index (χ2v) is 6.12. The maximum atomic E-state index is 13.3. The van der Waals surface area contributed by atoms with Crippen molar-refractivity contribution in [3.05, 3.63) is 41.0 Å². The van der Waals surface area contributed by atoms with Crippen LogP contribution in [0.15, 0.2) is 29.8 Å². The summed E-state index contributed by atoms with van der Waals surface area (Å²) in [6.45, 7) is 0.703. The lowest BCUT2D eigenvalue weighted by Crippen LogP contribution is -2.42. The molecule has 0 radical (unpaired) electrons. The van der Waals surface area contributed by atoms with E-state index < -0.39 is 27.4 Å². The Labute approximate surface area is 120 Å². The van der Waals surface area contributed by atoms with Crippen molar-refractivity contribution in [3.8, 4) is 0 Å². The molecule has 1 aliphatic carbocycles. The van der Waals surface area contributed by atoms with Gasteiger partial charge in [-0.05, 0) is 24.1 Å². The fourth-order valence-electron chi connectivity index (χ4n) is 1.93. The molecule has 1 aromatic rings. The summed E-state index contributed by atoms with van der Waals surface area (Å²) in [6, 6.07) is 7.07. The van der Waals surface area contributed by atoms with Gasteiger partial charge in [-0.3, -0.25) is 4.55 Å². The van der Waals surface area contributed by atoms with E-state index in [1.807, 2.05) is 0 Å². The van der Waals surface area contributed by atoms with Gasteiger partial charge >= 0.3 is 21.3 Å². The third-order valence-electron chi connectivity index (χ3n) is 3.13. The van der Waals surface area contributed by atoms with Gasteiger partial charge in [0.2, 0.25) is 0 Å². The molecule has 0 heterocycles. The van der Waals surface area contributed by atoms with Gasteiger partial charge < -0.3 is 4.74 Å². The molecule has 0 bridgehead atoms. The quantitative estimate of drug-likeness (QED) is 0.679. The zero-order chi connectivity index (χ0) is 15.8. The summed E-state index contributed by atoms with van der Waals surface area (Å²) in [5.41, 5.74) is 1.77. The molecule has 1 aromatic carbocycles. The Hall–Kier alpha value is -1.80. The van der Waals surface area contributed by atoms with Crippen molar-refractivity contribution in [2.24, 2.45) is 0 Å². The van der Waals surface area contributed by atoms with Crippen LogP contribution in [-0.4, -0.2) is 30.3 Å². The fraction of sp³-hybridized carbons (Fsp3) is 0.308. The first kappa shape index (κ1) is 15.6. The lowest BCUT2D eigenvalue weighted by molar-refractivity contribution is -0.154. The van der Waals surface area contributed by atoms with Crippen LogP contribution >= 0.6 is 0 Å². The second kappa shape index (κ2) is 5.19. The molecule has 1 N–H and O–H groups in total. The molecule has 0 spiro atoms. The van der Waals surface area contributed by atoms with Crippen LogP contribution in [0.3, 0.4) is 0 Å². The molecule has 1 aliphatic rings. The van der Waals surface area contributed by atoms with Crippen LogP contribution in [0.1, 0.15) is 18.1 Å². The van der Waals surface area contributed by atoms with Crippen LogP contribution in [0, 0.1) is 0 Å². The minimum atomic E-state index is -5.65.